The Labute approximate surface area is 179 Å². The fraction of sp³-hybridized carbons (Fsp3) is 0.583. The van der Waals surface area contributed by atoms with Gasteiger partial charge in [0.1, 0.15) is 12.2 Å². The molecule has 4 aliphatic carbocycles. The van der Waals surface area contributed by atoms with Crippen LogP contribution < -0.4 is 5.63 Å². The molecule has 29 heavy (non-hydrogen) atoms. The van der Waals surface area contributed by atoms with Crippen molar-refractivity contribution in [3.63, 3.8) is 0 Å². The molecule has 154 valence electrons. The maximum absolute atomic E-state index is 12.8. The zero-order valence-electron chi connectivity index (χ0n) is 17.1. The zero-order chi connectivity index (χ0) is 20.4. The Morgan fingerprint density at radius 1 is 1.21 bits per heavy atom. The first-order valence-corrected chi connectivity index (χ1v) is 11.4. The summed E-state index contributed by atoms with van der Waals surface area (Å²) in [5.41, 5.74) is 3.01. The zero-order valence-corrected chi connectivity index (χ0v) is 18.6. The summed E-state index contributed by atoms with van der Waals surface area (Å²) in [4.78, 5) is 24.8. The van der Waals surface area contributed by atoms with E-state index >= 15 is 0 Å². The molecule has 4 saturated carbocycles. The van der Waals surface area contributed by atoms with E-state index in [1.165, 1.54) is 25.3 Å². The van der Waals surface area contributed by atoms with Crippen molar-refractivity contribution in [2.24, 2.45) is 17.3 Å². The first kappa shape index (κ1) is 19.3. The Balaban J connectivity index is 1.33. The predicted octanol–water partition coefficient (Wildman–Crippen LogP) is 5.58. The topological polar surface area (TPSA) is 56.5 Å². The van der Waals surface area contributed by atoms with Crippen molar-refractivity contribution in [3.8, 4) is 0 Å². The summed E-state index contributed by atoms with van der Waals surface area (Å²) in [6, 6.07) is 5.40. The van der Waals surface area contributed by atoms with Crippen LogP contribution in [-0.2, 0) is 16.1 Å². The van der Waals surface area contributed by atoms with Crippen molar-refractivity contribution in [1.82, 2.24) is 0 Å². The Hall–Kier alpha value is -1.62. The predicted molar refractivity (Wildman–Crippen MR) is 115 cm³/mol. The molecule has 0 aliphatic heterocycles. The lowest BCUT2D eigenvalue weighted by Gasteiger charge is -2.60. The third-order valence-corrected chi connectivity index (χ3v) is 8.46. The van der Waals surface area contributed by atoms with Gasteiger partial charge in [-0.3, -0.25) is 4.79 Å². The van der Waals surface area contributed by atoms with Crippen LogP contribution in [0, 0.1) is 31.1 Å². The molecule has 4 fully saturated rings. The second-order valence-electron chi connectivity index (χ2n) is 9.92. The second-order valence-corrected chi connectivity index (χ2v) is 11.6. The van der Waals surface area contributed by atoms with Crippen molar-refractivity contribution in [2.45, 2.75) is 69.7 Å². The smallest absolute Gasteiger partial charge is 0.336 e. The van der Waals surface area contributed by atoms with Crippen LogP contribution in [0.1, 0.15) is 61.6 Å². The fourth-order valence-electron chi connectivity index (χ4n) is 6.70. The molecule has 4 bridgehead atoms. The highest BCUT2D eigenvalue weighted by atomic mass is 79.9. The van der Waals surface area contributed by atoms with Crippen molar-refractivity contribution in [2.75, 3.05) is 0 Å². The van der Waals surface area contributed by atoms with E-state index in [1.807, 2.05) is 26.0 Å². The fourth-order valence-corrected chi connectivity index (χ4v) is 8.21. The summed E-state index contributed by atoms with van der Waals surface area (Å²) in [7, 11) is 0. The average molecular weight is 459 g/mol. The number of hydrogen-bond acceptors (Lipinski definition) is 4. The van der Waals surface area contributed by atoms with Crippen molar-refractivity contribution < 1.29 is 13.9 Å². The lowest BCUT2D eigenvalue weighted by Crippen LogP contribution is -2.53. The molecular formula is C24H27BrO4. The number of ether oxygens (including phenoxy) is 1. The van der Waals surface area contributed by atoms with E-state index in [-0.39, 0.29) is 22.3 Å². The van der Waals surface area contributed by atoms with Crippen LogP contribution in [0.15, 0.2) is 27.4 Å². The Kier molecular flexibility index (Phi) is 4.47. The molecule has 2 aromatic rings. The van der Waals surface area contributed by atoms with Crippen LogP contribution in [0.2, 0.25) is 0 Å². The highest BCUT2D eigenvalue weighted by Crippen LogP contribution is 2.65. The number of carbonyl (C=O) groups is 1. The second kappa shape index (κ2) is 6.69. The van der Waals surface area contributed by atoms with Gasteiger partial charge in [0.05, 0.1) is 6.42 Å². The van der Waals surface area contributed by atoms with Gasteiger partial charge in [0.25, 0.3) is 0 Å². The van der Waals surface area contributed by atoms with E-state index in [2.05, 4.69) is 15.9 Å². The van der Waals surface area contributed by atoms with Crippen molar-refractivity contribution >= 4 is 32.9 Å². The summed E-state index contributed by atoms with van der Waals surface area (Å²) in [5.74, 6) is 1.35. The maximum atomic E-state index is 12.8. The van der Waals surface area contributed by atoms with E-state index < -0.39 is 5.63 Å². The molecule has 4 aliphatic rings. The number of benzene rings is 1. The molecule has 6 rings (SSSR count). The maximum Gasteiger partial charge on any atom is 0.336 e. The molecule has 1 aromatic heterocycles. The van der Waals surface area contributed by atoms with Crippen LogP contribution >= 0.6 is 15.9 Å². The number of halogens is 1. The van der Waals surface area contributed by atoms with Gasteiger partial charge in [0.2, 0.25) is 0 Å². The molecule has 0 radical (unpaired) electrons. The lowest BCUT2D eigenvalue weighted by molar-refractivity contribution is -0.152. The van der Waals surface area contributed by atoms with Gasteiger partial charge in [0, 0.05) is 21.3 Å². The molecule has 0 saturated heterocycles. The minimum atomic E-state index is -0.403. The van der Waals surface area contributed by atoms with Gasteiger partial charge in [0.15, 0.2) is 0 Å². The van der Waals surface area contributed by atoms with Crippen LogP contribution in [0.5, 0.6) is 0 Å². The van der Waals surface area contributed by atoms with Crippen molar-refractivity contribution in [1.29, 1.82) is 0 Å². The lowest BCUT2D eigenvalue weighted by atomic mass is 9.49. The largest absolute Gasteiger partial charge is 0.461 e. The molecule has 4 nitrogen and oxygen atoms in total. The Morgan fingerprint density at radius 2 is 1.93 bits per heavy atom. The van der Waals surface area contributed by atoms with Gasteiger partial charge in [-0.25, -0.2) is 4.79 Å². The molecule has 1 heterocycles. The van der Waals surface area contributed by atoms with E-state index in [1.54, 1.807) is 0 Å². The third kappa shape index (κ3) is 3.45. The summed E-state index contributed by atoms with van der Waals surface area (Å²) in [6.07, 6.45) is 7.72. The molecule has 0 amide bonds. The summed E-state index contributed by atoms with van der Waals surface area (Å²) >= 11 is 4.01. The monoisotopic (exact) mass is 458 g/mol. The molecule has 0 N–H and O–H groups in total. The minimum absolute atomic E-state index is 0.0934. The van der Waals surface area contributed by atoms with Gasteiger partial charge in [-0.2, -0.15) is 0 Å². The number of esters is 1. The average Bonchev–Trinajstić information content (AvgIpc) is 2.60. The number of fused-ring (bicyclic) bond motifs is 1. The van der Waals surface area contributed by atoms with Crippen LogP contribution in [0.25, 0.3) is 11.0 Å². The Morgan fingerprint density at radius 3 is 2.62 bits per heavy atom. The highest BCUT2D eigenvalue weighted by Gasteiger charge is 2.57. The molecule has 2 unspecified atom stereocenters. The molecule has 1 aromatic carbocycles. The Bertz CT molecular complexity index is 1040. The number of hydrogen-bond donors (Lipinski definition) is 0. The van der Waals surface area contributed by atoms with Crippen LogP contribution in [0.4, 0.5) is 0 Å². The first-order valence-electron chi connectivity index (χ1n) is 10.6. The molecular weight excluding hydrogens is 432 g/mol. The van der Waals surface area contributed by atoms with Gasteiger partial charge >= 0.3 is 11.6 Å². The summed E-state index contributed by atoms with van der Waals surface area (Å²) in [6.45, 7) is 4.05. The summed E-state index contributed by atoms with van der Waals surface area (Å²) in [5, 5.41) is 0.842. The molecule has 4 atom stereocenters. The minimum Gasteiger partial charge on any atom is -0.461 e. The van der Waals surface area contributed by atoms with Crippen LogP contribution in [-0.4, -0.2) is 10.3 Å². The quantitative estimate of drug-likeness (QED) is 0.341. The van der Waals surface area contributed by atoms with E-state index in [4.69, 9.17) is 9.15 Å². The van der Waals surface area contributed by atoms with Gasteiger partial charge in [-0.05, 0) is 80.8 Å². The van der Waals surface area contributed by atoms with Gasteiger partial charge in [-0.15, -0.1) is 0 Å². The highest BCUT2D eigenvalue weighted by molar-refractivity contribution is 9.10. The normalized spacial score (nSPS) is 32.7. The molecule has 5 heteroatoms. The van der Waals surface area contributed by atoms with E-state index in [0.29, 0.717) is 12.0 Å². The van der Waals surface area contributed by atoms with Crippen molar-refractivity contribution in [3.05, 3.63) is 45.3 Å². The first-order chi connectivity index (χ1) is 13.7. The summed E-state index contributed by atoms with van der Waals surface area (Å²) < 4.78 is 11.4. The van der Waals surface area contributed by atoms with Crippen LogP contribution in [0.3, 0.4) is 0 Å². The number of aryl methyl sites for hydroxylation is 2. The molecule has 0 spiro atoms. The third-order valence-electron chi connectivity index (χ3n) is 7.54. The number of carbonyl (C=O) groups excluding carboxylic acids is 1. The number of alkyl halides is 1. The number of rotatable bonds is 4. The van der Waals surface area contributed by atoms with E-state index in [0.717, 1.165) is 53.2 Å². The standard InChI is InChI=1S/C24H27BrO4/c1-14-3-4-19-18(6-20(26)29-22(19)15(14)2)12-28-21(27)11-23-7-16-5-17(8-23)10-24(25,9-16)13-23/h3-4,6,16-17H,5,7-13H2,1-2H3/t16-,17+,23?,24?. The van der Waals surface area contributed by atoms with Gasteiger partial charge < -0.3 is 9.15 Å². The SMILES string of the molecule is Cc1ccc2c(COC(=O)CC34C[C@@H]5C[C@@H](CC(Br)(C5)C3)C4)cc(=O)oc2c1C. The van der Waals surface area contributed by atoms with E-state index in [9.17, 15) is 9.59 Å². The van der Waals surface area contributed by atoms with Gasteiger partial charge in [-0.1, -0.05) is 28.1 Å².